The minimum Gasteiger partial charge on any atom is -0.355 e. The Hall–Kier alpha value is -2.41. The molecule has 0 aliphatic carbocycles. The molecule has 1 aliphatic heterocycles. The second-order valence-corrected chi connectivity index (χ2v) is 6.89. The molecule has 6 nitrogen and oxygen atoms in total. The van der Waals surface area contributed by atoms with Gasteiger partial charge in [0.15, 0.2) is 5.65 Å². The van der Waals surface area contributed by atoms with E-state index >= 15 is 0 Å². The first-order chi connectivity index (χ1) is 11.8. The summed E-state index contributed by atoms with van der Waals surface area (Å²) in [6.45, 7) is 0.765. The summed E-state index contributed by atoms with van der Waals surface area (Å²) in [6.07, 6.45) is 6.27. The molecule has 2 aromatic heterocycles. The number of thioether (sulfide) groups is 1. The molecule has 1 aliphatic rings. The number of para-hydroxylation sites is 1. The van der Waals surface area contributed by atoms with Crippen molar-refractivity contribution in [2.75, 3.05) is 6.54 Å². The summed E-state index contributed by atoms with van der Waals surface area (Å²) in [4.78, 5) is 21.0. The summed E-state index contributed by atoms with van der Waals surface area (Å²) in [5, 5.41) is 9.01. The van der Waals surface area contributed by atoms with E-state index in [1.807, 2.05) is 30.3 Å². The quantitative estimate of drug-likeness (QED) is 0.743. The normalized spacial score (nSPS) is 18.3. The number of rotatable bonds is 3. The lowest BCUT2D eigenvalue weighted by Crippen LogP contribution is -2.30. The summed E-state index contributed by atoms with van der Waals surface area (Å²) < 4.78 is 1.80. The smallest absolute Gasteiger partial charge is 0.233 e. The van der Waals surface area contributed by atoms with Crippen LogP contribution in [0.1, 0.15) is 19.3 Å². The molecule has 1 atom stereocenters. The van der Waals surface area contributed by atoms with E-state index < -0.39 is 0 Å². The molecule has 1 aromatic carbocycles. The van der Waals surface area contributed by atoms with Crippen molar-refractivity contribution in [2.45, 2.75) is 29.5 Å². The van der Waals surface area contributed by atoms with Crippen molar-refractivity contribution in [2.24, 2.45) is 0 Å². The van der Waals surface area contributed by atoms with Gasteiger partial charge in [-0.25, -0.2) is 14.6 Å². The molecule has 4 rings (SSSR count). The molecule has 122 valence electrons. The molecule has 1 fully saturated rings. The van der Waals surface area contributed by atoms with Crippen molar-refractivity contribution in [3.8, 4) is 5.69 Å². The zero-order valence-corrected chi connectivity index (χ0v) is 13.9. The fraction of sp³-hybridized carbons (Fsp3) is 0.294. The summed E-state index contributed by atoms with van der Waals surface area (Å²) in [5.74, 6) is 0.0970. The monoisotopic (exact) mass is 339 g/mol. The molecular formula is C17H17N5OS. The molecular weight excluding hydrogens is 322 g/mol. The molecule has 0 radical (unpaired) electrons. The molecule has 0 bridgehead atoms. The third-order valence-electron chi connectivity index (χ3n) is 4.07. The van der Waals surface area contributed by atoms with Gasteiger partial charge in [0.2, 0.25) is 5.91 Å². The lowest BCUT2D eigenvalue weighted by Gasteiger charge is -2.12. The van der Waals surface area contributed by atoms with Crippen LogP contribution in [0.4, 0.5) is 0 Å². The highest BCUT2D eigenvalue weighted by atomic mass is 32.2. The minimum atomic E-state index is -0.106. The number of hydrogen-bond acceptors (Lipinski definition) is 5. The highest BCUT2D eigenvalue weighted by Gasteiger charge is 2.24. The first-order valence-electron chi connectivity index (χ1n) is 8.01. The Labute approximate surface area is 143 Å². The van der Waals surface area contributed by atoms with Crippen LogP contribution in [0.3, 0.4) is 0 Å². The van der Waals surface area contributed by atoms with E-state index in [0.29, 0.717) is 0 Å². The van der Waals surface area contributed by atoms with Crippen molar-refractivity contribution in [1.82, 2.24) is 25.1 Å². The van der Waals surface area contributed by atoms with Crippen molar-refractivity contribution < 1.29 is 4.79 Å². The summed E-state index contributed by atoms with van der Waals surface area (Å²) in [5.41, 5.74) is 1.71. The molecule has 24 heavy (non-hydrogen) atoms. The van der Waals surface area contributed by atoms with Crippen LogP contribution in [-0.4, -0.2) is 37.5 Å². The summed E-state index contributed by atoms with van der Waals surface area (Å²) in [7, 11) is 0. The molecule has 0 saturated carbocycles. The average Bonchev–Trinajstić information content (AvgIpc) is 2.96. The van der Waals surface area contributed by atoms with Gasteiger partial charge >= 0.3 is 0 Å². The Morgan fingerprint density at radius 3 is 2.92 bits per heavy atom. The molecule has 7 heteroatoms. The van der Waals surface area contributed by atoms with Crippen LogP contribution < -0.4 is 5.32 Å². The van der Waals surface area contributed by atoms with Crippen molar-refractivity contribution in [1.29, 1.82) is 0 Å². The first kappa shape index (κ1) is 15.1. The minimum absolute atomic E-state index is 0.0970. The van der Waals surface area contributed by atoms with Gasteiger partial charge in [-0.3, -0.25) is 4.79 Å². The van der Waals surface area contributed by atoms with Crippen LogP contribution >= 0.6 is 11.8 Å². The number of hydrogen-bond donors (Lipinski definition) is 1. The van der Waals surface area contributed by atoms with Crippen LogP contribution in [0, 0.1) is 0 Å². The third-order valence-corrected chi connectivity index (χ3v) is 5.35. The topological polar surface area (TPSA) is 72.7 Å². The van der Waals surface area contributed by atoms with E-state index in [0.717, 1.165) is 47.6 Å². The van der Waals surface area contributed by atoms with Crippen LogP contribution in [0.2, 0.25) is 0 Å². The molecule has 1 saturated heterocycles. The number of carbonyl (C=O) groups is 1. The van der Waals surface area contributed by atoms with Gasteiger partial charge in [0.25, 0.3) is 0 Å². The second-order valence-electron chi connectivity index (χ2n) is 5.70. The largest absolute Gasteiger partial charge is 0.355 e. The Kier molecular flexibility index (Phi) is 4.17. The predicted octanol–water partition coefficient (Wildman–Crippen LogP) is 2.58. The van der Waals surface area contributed by atoms with E-state index in [2.05, 4.69) is 20.4 Å². The van der Waals surface area contributed by atoms with E-state index in [4.69, 9.17) is 0 Å². The van der Waals surface area contributed by atoms with Gasteiger partial charge in [-0.2, -0.15) is 5.10 Å². The number of nitrogens with zero attached hydrogens (tertiary/aromatic N) is 4. The standard InChI is InChI=1S/C17H17N5OS/c23-16-14(8-4-5-9-18-16)24-17-13-10-21-22(15(13)19-11-20-17)12-6-2-1-3-7-12/h1-3,6-7,10-11,14H,4-5,8-9H2,(H,18,23). The van der Waals surface area contributed by atoms with E-state index in [-0.39, 0.29) is 11.2 Å². The zero-order valence-electron chi connectivity index (χ0n) is 13.1. The number of benzene rings is 1. The second kappa shape index (κ2) is 6.60. The zero-order chi connectivity index (χ0) is 16.4. The third kappa shape index (κ3) is 2.87. The number of fused-ring (bicyclic) bond motifs is 1. The first-order valence-corrected chi connectivity index (χ1v) is 8.89. The summed E-state index contributed by atoms with van der Waals surface area (Å²) >= 11 is 1.51. The molecule has 1 N–H and O–H groups in total. The SMILES string of the molecule is O=C1NCCCCC1Sc1ncnc2c1cnn2-c1ccccc1. The highest BCUT2D eigenvalue weighted by Crippen LogP contribution is 2.31. The lowest BCUT2D eigenvalue weighted by atomic mass is 10.2. The van der Waals surface area contributed by atoms with E-state index in [1.165, 1.54) is 11.8 Å². The van der Waals surface area contributed by atoms with Crippen molar-refractivity contribution >= 4 is 28.7 Å². The van der Waals surface area contributed by atoms with Gasteiger partial charge in [-0.1, -0.05) is 36.4 Å². The van der Waals surface area contributed by atoms with Crippen LogP contribution in [0.25, 0.3) is 16.7 Å². The maximum Gasteiger partial charge on any atom is 0.233 e. The van der Waals surface area contributed by atoms with E-state index in [1.54, 1.807) is 17.2 Å². The molecule has 1 amide bonds. The highest BCUT2D eigenvalue weighted by molar-refractivity contribution is 8.00. The van der Waals surface area contributed by atoms with Gasteiger partial charge in [0.05, 0.1) is 22.5 Å². The molecule has 1 unspecified atom stereocenters. The Bertz CT molecular complexity index is 864. The van der Waals surface area contributed by atoms with Gasteiger partial charge in [-0.05, 0) is 25.0 Å². The van der Waals surface area contributed by atoms with Crippen LogP contribution in [0.15, 0.2) is 47.9 Å². The number of nitrogens with one attached hydrogen (secondary N) is 1. The fourth-order valence-electron chi connectivity index (χ4n) is 2.83. The maximum atomic E-state index is 12.2. The van der Waals surface area contributed by atoms with Crippen LogP contribution in [0.5, 0.6) is 0 Å². The van der Waals surface area contributed by atoms with Crippen molar-refractivity contribution in [3.05, 3.63) is 42.9 Å². The fourth-order valence-corrected chi connectivity index (χ4v) is 3.96. The maximum absolute atomic E-state index is 12.2. The Balaban J connectivity index is 1.70. The van der Waals surface area contributed by atoms with Gasteiger partial charge < -0.3 is 5.32 Å². The van der Waals surface area contributed by atoms with Gasteiger partial charge in [0, 0.05) is 6.54 Å². The van der Waals surface area contributed by atoms with E-state index in [9.17, 15) is 4.79 Å². The van der Waals surface area contributed by atoms with Crippen molar-refractivity contribution in [3.63, 3.8) is 0 Å². The number of carbonyl (C=O) groups excluding carboxylic acids is 1. The molecule has 3 heterocycles. The molecule has 0 spiro atoms. The average molecular weight is 339 g/mol. The molecule has 3 aromatic rings. The van der Waals surface area contributed by atoms with Crippen LogP contribution in [-0.2, 0) is 4.79 Å². The number of aromatic nitrogens is 4. The van der Waals surface area contributed by atoms with Gasteiger partial charge in [0.1, 0.15) is 11.4 Å². The predicted molar refractivity (Wildman–Crippen MR) is 93.2 cm³/mol. The van der Waals surface area contributed by atoms with Gasteiger partial charge in [-0.15, -0.1) is 0 Å². The number of amides is 1. The Morgan fingerprint density at radius 2 is 2.04 bits per heavy atom. The lowest BCUT2D eigenvalue weighted by molar-refractivity contribution is -0.120. The Morgan fingerprint density at radius 1 is 1.17 bits per heavy atom. The summed E-state index contributed by atoms with van der Waals surface area (Å²) in [6, 6.07) is 9.88.